The molecular weight excluding hydrogens is 242 g/mol. The van der Waals surface area contributed by atoms with Crippen LogP contribution < -0.4 is 0 Å². The number of carbonyl (C=O) groups excluding carboxylic acids is 1. The van der Waals surface area contributed by atoms with Gasteiger partial charge in [-0.05, 0) is 37.8 Å². The maximum atomic E-state index is 12.5. The number of hydrogen-bond acceptors (Lipinski definition) is 3. The van der Waals surface area contributed by atoms with Crippen molar-refractivity contribution < 1.29 is 13.9 Å². The van der Waals surface area contributed by atoms with Crippen LogP contribution in [-0.2, 0) is 16.1 Å². The maximum absolute atomic E-state index is 12.5. The topological polar surface area (TPSA) is 42.7 Å². The Hall–Kier alpha value is -1.29. The summed E-state index contributed by atoms with van der Waals surface area (Å²) in [6, 6.07) is 3.80. The Morgan fingerprint density at radius 3 is 2.79 bits per heavy atom. The van der Waals surface area contributed by atoms with E-state index in [9.17, 15) is 4.79 Å². The van der Waals surface area contributed by atoms with Crippen molar-refractivity contribution in [3.05, 3.63) is 24.2 Å². The van der Waals surface area contributed by atoms with Gasteiger partial charge in [-0.25, -0.2) is 0 Å². The highest BCUT2D eigenvalue weighted by molar-refractivity contribution is 5.79. The molecule has 1 atom stereocenters. The highest BCUT2D eigenvalue weighted by Crippen LogP contribution is 2.29. The number of carbonyl (C=O) groups is 1. The monoisotopic (exact) mass is 263 g/mol. The maximum Gasteiger partial charge on any atom is 0.226 e. The van der Waals surface area contributed by atoms with Crippen molar-refractivity contribution in [3.8, 4) is 0 Å². The minimum absolute atomic E-state index is 0.207. The van der Waals surface area contributed by atoms with Crippen LogP contribution in [0.5, 0.6) is 0 Å². The highest BCUT2D eigenvalue weighted by atomic mass is 16.5. The van der Waals surface area contributed by atoms with Crippen molar-refractivity contribution >= 4 is 5.91 Å². The zero-order valence-corrected chi connectivity index (χ0v) is 11.2. The van der Waals surface area contributed by atoms with E-state index >= 15 is 0 Å². The molecule has 1 aromatic heterocycles. The lowest BCUT2D eigenvalue weighted by atomic mass is 9.84. The van der Waals surface area contributed by atoms with Gasteiger partial charge in [0.25, 0.3) is 0 Å². The van der Waals surface area contributed by atoms with Gasteiger partial charge < -0.3 is 14.1 Å². The molecule has 2 heterocycles. The van der Waals surface area contributed by atoms with E-state index in [0.29, 0.717) is 13.1 Å². The first-order valence-corrected chi connectivity index (χ1v) is 7.25. The van der Waals surface area contributed by atoms with E-state index in [2.05, 4.69) is 0 Å². The molecule has 0 spiro atoms. The van der Waals surface area contributed by atoms with Gasteiger partial charge >= 0.3 is 0 Å². The van der Waals surface area contributed by atoms with Crippen LogP contribution in [0.25, 0.3) is 0 Å². The summed E-state index contributed by atoms with van der Waals surface area (Å²) in [4.78, 5) is 14.4. The van der Waals surface area contributed by atoms with Gasteiger partial charge in [0, 0.05) is 19.1 Å². The molecule has 19 heavy (non-hydrogen) atoms. The van der Waals surface area contributed by atoms with Crippen LogP contribution >= 0.6 is 0 Å². The second-order valence-electron chi connectivity index (χ2n) is 5.56. The quantitative estimate of drug-likeness (QED) is 0.820. The molecular formula is C15H21NO3. The highest BCUT2D eigenvalue weighted by Gasteiger charge is 2.31. The average Bonchev–Trinajstić information content (AvgIpc) is 2.98. The Labute approximate surface area is 113 Å². The van der Waals surface area contributed by atoms with Crippen LogP contribution in [0.1, 0.15) is 37.9 Å². The van der Waals surface area contributed by atoms with Crippen molar-refractivity contribution in [1.82, 2.24) is 4.90 Å². The normalized spacial score (nSPS) is 23.3. The van der Waals surface area contributed by atoms with Crippen LogP contribution in [0.4, 0.5) is 0 Å². The third kappa shape index (κ3) is 3.00. The lowest BCUT2D eigenvalue weighted by Crippen LogP contribution is -2.42. The van der Waals surface area contributed by atoms with Gasteiger partial charge in [0.05, 0.1) is 18.9 Å². The molecule has 0 radical (unpaired) electrons. The molecule has 2 fully saturated rings. The molecule has 2 aliphatic rings. The van der Waals surface area contributed by atoms with E-state index in [0.717, 1.165) is 38.1 Å². The molecule has 3 rings (SSSR count). The molecule has 4 heteroatoms. The van der Waals surface area contributed by atoms with Crippen molar-refractivity contribution in [1.29, 1.82) is 0 Å². The predicted octanol–water partition coefficient (Wildman–Crippen LogP) is 2.59. The van der Waals surface area contributed by atoms with E-state index in [1.54, 1.807) is 6.26 Å². The van der Waals surface area contributed by atoms with Crippen molar-refractivity contribution in [2.75, 3.05) is 13.2 Å². The van der Waals surface area contributed by atoms with Gasteiger partial charge in [0.15, 0.2) is 0 Å². The van der Waals surface area contributed by atoms with Gasteiger partial charge in [-0.15, -0.1) is 0 Å². The van der Waals surface area contributed by atoms with Crippen LogP contribution in [0, 0.1) is 5.92 Å². The second-order valence-corrected chi connectivity index (χ2v) is 5.56. The Kier molecular flexibility index (Phi) is 3.87. The van der Waals surface area contributed by atoms with E-state index in [4.69, 9.17) is 9.15 Å². The second kappa shape index (κ2) is 5.78. The van der Waals surface area contributed by atoms with Crippen molar-refractivity contribution in [2.24, 2.45) is 5.92 Å². The molecule has 1 amide bonds. The Bertz CT molecular complexity index is 405. The fourth-order valence-electron chi connectivity index (χ4n) is 2.77. The van der Waals surface area contributed by atoms with Crippen LogP contribution in [-0.4, -0.2) is 30.1 Å². The number of ether oxygens (including phenoxy) is 1. The molecule has 1 saturated carbocycles. The lowest BCUT2D eigenvalue weighted by Gasteiger charge is -2.32. The summed E-state index contributed by atoms with van der Waals surface area (Å²) in [5.74, 6) is 1.36. The minimum atomic E-state index is 0.207. The Balaban J connectivity index is 1.64. The van der Waals surface area contributed by atoms with Gasteiger partial charge in [-0.2, -0.15) is 0 Å². The summed E-state index contributed by atoms with van der Waals surface area (Å²) >= 11 is 0. The molecule has 4 nitrogen and oxygen atoms in total. The van der Waals surface area contributed by atoms with Crippen LogP contribution in [0.15, 0.2) is 22.8 Å². The van der Waals surface area contributed by atoms with Crippen LogP contribution in [0.3, 0.4) is 0 Å². The molecule has 1 saturated heterocycles. The first kappa shape index (κ1) is 12.7. The fourth-order valence-corrected chi connectivity index (χ4v) is 2.77. The van der Waals surface area contributed by atoms with E-state index in [1.807, 2.05) is 17.0 Å². The zero-order valence-electron chi connectivity index (χ0n) is 11.2. The molecule has 1 aliphatic carbocycles. The third-order valence-corrected chi connectivity index (χ3v) is 4.14. The number of hydrogen-bond donors (Lipinski definition) is 0. The first-order chi connectivity index (χ1) is 9.33. The van der Waals surface area contributed by atoms with E-state index in [-0.39, 0.29) is 17.9 Å². The number of furan rings is 1. The largest absolute Gasteiger partial charge is 0.467 e. The van der Waals surface area contributed by atoms with E-state index in [1.165, 1.54) is 6.42 Å². The van der Waals surface area contributed by atoms with Crippen molar-refractivity contribution in [3.63, 3.8) is 0 Å². The van der Waals surface area contributed by atoms with Crippen molar-refractivity contribution in [2.45, 2.75) is 44.8 Å². The van der Waals surface area contributed by atoms with Gasteiger partial charge in [-0.3, -0.25) is 4.79 Å². The number of amides is 1. The summed E-state index contributed by atoms with van der Waals surface area (Å²) < 4.78 is 11.0. The molecule has 1 aromatic rings. The fraction of sp³-hybridized carbons (Fsp3) is 0.667. The molecule has 0 aromatic carbocycles. The Morgan fingerprint density at radius 1 is 1.32 bits per heavy atom. The molecule has 0 bridgehead atoms. The summed E-state index contributed by atoms with van der Waals surface area (Å²) in [5.41, 5.74) is 0. The van der Waals surface area contributed by atoms with Gasteiger partial charge in [0.1, 0.15) is 5.76 Å². The molecule has 104 valence electrons. The molecule has 1 unspecified atom stereocenters. The standard InChI is InChI=1S/C15H21NO3/c17-15(12-4-1-5-12)16(10-13-6-2-8-18-13)11-14-7-3-9-19-14/h2,6,8,12,14H,1,3-5,7,9-11H2. The lowest BCUT2D eigenvalue weighted by molar-refractivity contribution is -0.140. The third-order valence-electron chi connectivity index (χ3n) is 4.14. The first-order valence-electron chi connectivity index (χ1n) is 7.25. The summed E-state index contributed by atoms with van der Waals surface area (Å²) in [7, 11) is 0. The van der Waals surface area contributed by atoms with Crippen LogP contribution in [0.2, 0.25) is 0 Å². The summed E-state index contributed by atoms with van der Waals surface area (Å²) in [6.45, 7) is 2.11. The average molecular weight is 263 g/mol. The van der Waals surface area contributed by atoms with E-state index < -0.39 is 0 Å². The SMILES string of the molecule is O=C(C1CCC1)N(Cc1ccco1)CC1CCCO1. The van der Waals surface area contributed by atoms with Gasteiger partial charge in [0.2, 0.25) is 5.91 Å². The molecule has 0 N–H and O–H groups in total. The molecule has 1 aliphatic heterocycles. The van der Waals surface area contributed by atoms with Gasteiger partial charge in [-0.1, -0.05) is 6.42 Å². The zero-order chi connectivity index (χ0) is 13.1. The predicted molar refractivity (Wildman–Crippen MR) is 70.4 cm³/mol. The summed E-state index contributed by atoms with van der Waals surface area (Å²) in [5, 5.41) is 0. The summed E-state index contributed by atoms with van der Waals surface area (Å²) in [6.07, 6.45) is 7.30. The smallest absolute Gasteiger partial charge is 0.226 e. The Morgan fingerprint density at radius 2 is 2.21 bits per heavy atom. The minimum Gasteiger partial charge on any atom is -0.467 e. The number of nitrogens with zero attached hydrogens (tertiary/aromatic N) is 1. The number of rotatable bonds is 5.